The summed E-state index contributed by atoms with van der Waals surface area (Å²) in [5, 5.41) is 14.9. The van der Waals surface area contributed by atoms with Crippen molar-refractivity contribution in [2.45, 2.75) is 49.8 Å². The number of hydrogen-bond acceptors (Lipinski definition) is 5. The van der Waals surface area contributed by atoms with Crippen LogP contribution in [-0.2, 0) is 10.5 Å². The molecule has 0 fully saturated rings. The van der Waals surface area contributed by atoms with E-state index in [1.807, 2.05) is 31.4 Å². The maximum absolute atomic E-state index is 12.2. The lowest BCUT2D eigenvalue weighted by molar-refractivity contribution is -0.139. The molecule has 0 radical (unpaired) electrons. The van der Waals surface area contributed by atoms with Crippen molar-refractivity contribution in [1.82, 2.24) is 10.3 Å². The van der Waals surface area contributed by atoms with Gasteiger partial charge in [0.25, 0.3) is 5.91 Å². The van der Waals surface area contributed by atoms with Crippen LogP contribution in [0.1, 0.15) is 47.2 Å². The number of rotatable bonds is 9. The van der Waals surface area contributed by atoms with Crippen LogP contribution in [0, 0.1) is 6.92 Å². The summed E-state index contributed by atoms with van der Waals surface area (Å²) in [6, 6.07) is 6.36. The number of carbonyl (C=O) groups excluding carboxylic acids is 1. The van der Waals surface area contributed by atoms with Gasteiger partial charge in [-0.05, 0) is 37.6 Å². The smallest absolute Gasteiger partial charge is 0.326 e. The van der Waals surface area contributed by atoms with E-state index < -0.39 is 12.0 Å². The maximum Gasteiger partial charge on any atom is 0.326 e. The molecule has 0 spiro atoms. The van der Waals surface area contributed by atoms with E-state index in [0.29, 0.717) is 12.0 Å². The van der Waals surface area contributed by atoms with Crippen molar-refractivity contribution >= 4 is 35.0 Å². The van der Waals surface area contributed by atoms with E-state index in [1.165, 1.54) is 0 Å². The number of aliphatic carboxylic acids is 1. The van der Waals surface area contributed by atoms with Gasteiger partial charge in [0.1, 0.15) is 6.04 Å². The van der Waals surface area contributed by atoms with Crippen LogP contribution >= 0.6 is 23.1 Å². The second-order valence-electron chi connectivity index (χ2n) is 5.68. The highest BCUT2D eigenvalue weighted by atomic mass is 32.2. The number of aryl methyl sites for hydroxylation is 1. The molecule has 0 bridgehead atoms. The second kappa shape index (κ2) is 9.58. The Balaban J connectivity index is 1.91. The summed E-state index contributed by atoms with van der Waals surface area (Å²) < 4.78 is 0. The molecular weight excluding hydrogens is 356 g/mol. The SMILES string of the molecule is CCCCC(NC(=O)c1ccc(SCc2csc(C)n2)cc1)C(=O)O. The number of carboxylic acids is 1. The number of hydrogen-bond donors (Lipinski definition) is 2. The molecule has 0 aliphatic carbocycles. The predicted octanol–water partition coefficient (Wildman–Crippen LogP) is 4.12. The molecule has 2 N–H and O–H groups in total. The fourth-order valence-electron chi connectivity index (χ4n) is 2.24. The number of nitrogens with zero attached hydrogens (tertiary/aromatic N) is 1. The van der Waals surface area contributed by atoms with Crippen LogP contribution in [0.25, 0.3) is 0 Å². The molecule has 1 unspecified atom stereocenters. The first-order chi connectivity index (χ1) is 12.0. The zero-order valence-electron chi connectivity index (χ0n) is 14.3. The Kier molecular flexibility index (Phi) is 7.46. The van der Waals surface area contributed by atoms with Crippen molar-refractivity contribution in [3.8, 4) is 0 Å². The van der Waals surface area contributed by atoms with Gasteiger partial charge in [-0.25, -0.2) is 9.78 Å². The first-order valence-corrected chi connectivity index (χ1v) is 10.0. The largest absolute Gasteiger partial charge is 0.480 e. The predicted molar refractivity (Wildman–Crippen MR) is 101 cm³/mol. The number of aromatic nitrogens is 1. The zero-order valence-corrected chi connectivity index (χ0v) is 16.0. The van der Waals surface area contributed by atoms with E-state index in [0.717, 1.165) is 34.2 Å². The number of benzene rings is 1. The van der Waals surface area contributed by atoms with Gasteiger partial charge in [-0.2, -0.15) is 0 Å². The Hall–Kier alpha value is -1.86. The highest BCUT2D eigenvalue weighted by Crippen LogP contribution is 2.23. The van der Waals surface area contributed by atoms with E-state index in [9.17, 15) is 14.7 Å². The van der Waals surface area contributed by atoms with Crippen LogP contribution in [0.3, 0.4) is 0 Å². The minimum absolute atomic E-state index is 0.352. The standard InChI is InChI=1S/C18H22N2O3S2/c1-3-4-5-16(18(22)23)20-17(21)13-6-8-15(9-7-13)25-11-14-10-24-12(2)19-14/h6-10,16H,3-5,11H2,1-2H3,(H,20,21)(H,22,23). The normalized spacial score (nSPS) is 11.9. The first kappa shape index (κ1) is 19.5. The third-order valence-electron chi connectivity index (χ3n) is 3.62. The van der Waals surface area contributed by atoms with Gasteiger partial charge in [-0.15, -0.1) is 23.1 Å². The van der Waals surface area contributed by atoms with Crippen LogP contribution < -0.4 is 5.32 Å². The lowest BCUT2D eigenvalue weighted by Crippen LogP contribution is -2.40. The fraction of sp³-hybridized carbons (Fsp3) is 0.389. The van der Waals surface area contributed by atoms with Crippen LogP contribution in [0.15, 0.2) is 34.5 Å². The van der Waals surface area contributed by atoms with E-state index in [1.54, 1.807) is 35.2 Å². The van der Waals surface area contributed by atoms with E-state index in [2.05, 4.69) is 10.3 Å². The number of unbranched alkanes of at least 4 members (excludes halogenated alkanes) is 1. The lowest BCUT2D eigenvalue weighted by atomic mass is 10.1. The van der Waals surface area contributed by atoms with E-state index in [4.69, 9.17) is 0 Å². The highest BCUT2D eigenvalue weighted by molar-refractivity contribution is 7.98. The molecule has 1 amide bonds. The topological polar surface area (TPSA) is 79.3 Å². The molecule has 0 saturated carbocycles. The summed E-state index contributed by atoms with van der Waals surface area (Å²) in [5.74, 6) is -0.559. The second-order valence-corrected chi connectivity index (χ2v) is 7.79. The van der Waals surface area contributed by atoms with Gasteiger partial charge < -0.3 is 10.4 Å². The number of carbonyl (C=O) groups is 2. The van der Waals surface area contributed by atoms with Crippen LogP contribution in [0.5, 0.6) is 0 Å². The molecule has 1 atom stereocenters. The monoisotopic (exact) mass is 378 g/mol. The molecule has 134 valence electrons. The molecule has 0 saturated heterocycles. The third-order valence-corrected chi connectivity index (χ3v) is 5.49. The van der Waals surface area contributed by atoms with Crippen molar-refractivity contribution in [1.29, 1.82) is 0 Å². The molecule has 1 aromatic carbocycles. The van der Waals surface area contributed by atoms with Crippen LogP contribution in [-0.4, -0.2) is 28.0 Å². The van der Waals surface area contributed by atoms with Crippen LogP contribution in [0.4, 0.5) is 0 Å². The molecule has 0 aliphatic heterocycles. The summed E-state index contributed by atoms with van der Waals surface area (Å²) >= 11 is 3.29. The summed E-state index contributed by atoms with van der Waals surface area (Å²) in [6.07, 6.45) is 2.10. The highest BCUT2D eigenvalue weighted by Gasteiger charge is 2.19. The number of thiazole rings is 1. The Morgan fingerprint density at radius 2 is 2.04 bits per heavy atom. The molecular formula is C18H22N2O3S2. The zero-order chi connectivity index (χ0) is 18.2. The summed E-state index contributed by atoms with van der Waals surface area (Å²) in [6.45, 7) is 3.97. The van der Waals surface area contributed by atoms with Gasteiger partial charge in [0.15, 0.2) is 0 Å². The fourth-order valence-corrected chi connectivity index (χ4v) is 3.75. The summed E-state index contributed by atoms with van der Waals surface area (Å²) in [5.41, 5.74) is 1.52. The molecule has 25 heavy (non-hydrogen) atoms. The van der Waals surface area contributed by atoms with Crippen LogP contribution in [0.2, 0.25) is 0 Å². The molecule has 2 aromatic rings. The minimum Gasteiger partial charge on any atom is -0.480 e. The minimum atomic E-state index is -0.993. The van der Waals surface area contributed by atoms with Gasteiger partial charge in [-0.3, -0.25) is 4.79 Å². The van der Waals surface area contributed by atoms with Crippen molar-refractivity contribution in [3.05, 3.63) is 45.9 Å². The Bertz CT molecular complexity index is 713. The number of nitrogens with one attached hydrogen (secondary N) is 1. The van der Waals surface area contributed by atoms with Gasteiger partial charge in [-0.1, -0.05) is 19.8 Å². The summed E-state index contributed by atoms with van der Waals surface area (Å²) in [7, 11) is 0. The maximum atomic E-state index is 12.2. The Morgan fingerprint density at radius 1 is 1.32 bits per heavy atom. The molecule has 0 aliphatic rings. The first-order valence-electron chi connectivity index (χ1n) is 8.17. The van der Waals surface area contributed by atoms with Gasteiger partial charge in [0.05, 0.1) is 10.7 Å². The molecule has 7 heteroatoms. The summed E-state index contributed by atoms with van der Waals surface area (Å²) in [4.78, 5) is 28.9. The average molecular weight is 379 g/mol. The quantitative estimate of drug-likeness (QED) is 0.642. The Morgan fingerprint density at radius 3 is 2.60 bits per heavy atom. The van der Waals surface area contributed by atoms with Crippen molar-refractivity contribution in [2.24, 2.45) is 0 Å². The molecule has 2 rings (SSSR count). The number of amides is 1. The third kappa shape index (κ3) is 6.17. The van der Waals surface area contributed by atoms with Crippen molar-refractivity contribution in [3.63, 3.8) is 0 Å². The van der Waals surface area contributed by atoms with Gasteiger partial charge in [0, 0.05) is 21.6 Å². The van der Waals surface area contributed by atoms with Crippen molar-refractivity contribution < 1.29 is 14.7 Å². The molecule has 1 heterocycles. The van der Waals surface area contributed by atoms with E-state index >= 15 is 0 Å². The van der Waals surface area contributed by atoms with Gasteiger partial charge >= 0.3 is 5.97 Å². The molecule has 1 aromatic heterocycles. The average Bonchev–Trinajstić information content (AvgIpc) is 3.02. The molecule has 5 nitrogen and oxygen atoms in total. The van der Waals surface area contributed by atoms with E-state index in [-0.39, 0.29) is 5.91 Å². The van der Waals surface area contributed by atoms with Gasteiger partial charge in [0.2, 0.25) is 0 Å². The number of thioether (sulfide) groups is 1. The Labute approximate surface area is 155 Å². The van der Waals surface area contributed by atoms with Crippen molar-refractivity contribution in [2.75, 3.05) is 0 Å². The number of carboxylic acid groups (broad SMARTS) is 1. The lowest BCUT2D eigenvalue weighted by Gasteiger charge is -2.14.